The summed E-state index contributed by atoms with van der Waals surface area (Å²) in [6.07, 6.45) is 0.448. The molecule has 1 rings (SSSR count). The summed E-state index contributed by atoms with van der Waals surface area (Å²) >= 11 is 4.75. The van der Waals surface area contributed by atoms with Crippen molar-refractivity contribution in [2.75, 3.05) is 12.1 Å². The monoisotopic (exact) mass is 227 g/mol. The van der Waals surface area contributed by atoms with Crippen molar-refractivity contribution in [3.05, 3.63) is 29.6 Å². The Morgan fingerprint density at radius 1 is 1.67 bits per heavy atom. The smallest absolute Gasteiger partial charge is 0.185 e. The van der Waals surface area contributed by atoms with E-state index >= 15 is 0 Å². The first kappa shape index (κ1) is 11.5. The lowest BCUT2D eigenvalue weighted by Crippen LogP contribution is -2.44. The highest BCUT2D eigenvalue weighted by molar-refractivity contribution is 7.80. The summed E-state index contributed by atoms with van der Waals surface area (Å²) in [5.74, 6) is -0.612. The quantitative estimate of drug-likeness (QED) is 0.455. The largest absolute Gasteiger partial charge is 0.375 e. The van der Waals surface area contributed by atoms with Crippen LogP contribution >= 0.6 is 12.2 Å². The number of hydrazine groups is 1. The van der Waals surface area contributed by atoms with Crippen molar-refractivity contribution in [2.45, 2.75) is 0 Å². The third kappa shape index (κ3) is 2.48. The van der Waals surface area contributed by atoms with Crippen LogP contribution in [0, 0.1) is 5.82 Å². The number of anilines is 1. The molecule has 0 bridgehead atoms. The Hall–Kier alpha value is -1.53. The second-order valence-electron chi connectivity index (χ2n) is 2.72. The first-order chi connectivity index (χ1) is 7.10. The number of hydrogen-bond acceptors (Lipinski definition) is 3. The van der Waals surface area contributed by atoms with E-state index in [-0.39, 0.29) is 10.7 Å². The number of nitrogens with one attached hydrogen (secondary N) is 1. The molecule has 0 spiro atoms. The predicted octanol–water partition coefficient (Wildman–Crippen LogP) is 0.823. The highest BCUT2D eigenvalue weighted by atomic mass is 32.1. The van der Waals surface area contributed by atoms with Gasteiger partial charge in [0.05, 0.1) is 11.3 Å². The van der Waals surface area contributed by atoms with Crippen molar-refractivity contribution in [3.8, 4) is 0 Å². The summed E-state index contributed by atoms with van der Waals surface area (Å²) in [5, 5.41) is 1.39. The van der Waals surface area contributed by atoms with Gasteiger partial charge in [0.15, 0.2) is 11.4 Å². The Kier molecular flexibility index (Phi) is 3.70. The van der Waals surface area contributed by atoms with Crippen molar-refractivity contribution in [1.29, 1.82) is 0 Å². The molecule has 0 aliphatic rings. The molecule has 0 aliphatic carbocycles. The van der Waals surface area contributed by atoms with Crippen LogP contribution in [0.3, 0.4) is 0 Å². The zero-order valence-electron chi connectivity index (χ0n) is 8.03. The van der Waals surface area contributed by atoms with Crippen LogP contribution in [0.15, 0.2) is 18.2 Å². The first-order valence-corrected chi connectivity index (χ1v) is 4.52. The molecule has 0 fully saturated rings. The number of benzene rings is 1. The van der Waals surface area contributed by atoms with E-state index in [1.54, 1.807) is 13.1 Å². The number of halogens is 1. The zero-order chi connectivity index (χ0) is 11.4. The summed E-state index contributed by atoms with van der Waals surface area (Å²) < 4.78 is 13.2. The van der Waals surface area contributed by atoms with Crippen molar-refractivity contribution in [3.63, 3.8) is 0 Å². The fourth-order valence-electron chi connectivity index (χ4n) is 1.12. The molecule has 15 heavy (non-hydrogen) atoms. The van der Waals surface area contributed by atoms with Gasteiger partial charge in [0.25, 0.3) is 0 Å². The van der Waals surface area contributed by atoms with Gasteiger partial charge >= 0.3 is 0 Å². The molecule has 0 atom stereocenters. The lowest BCUT2D eigenvalue weighted by atomic mass is 10.2. The summed E-state index contributed by atoms with van der Waals surface area (Å²) in [6.45, 7) is 0. The molecular formula is C9H10FN3OS. The van der Waals surface area contributed by atoms with Crippen LogP contribution in [0.1, 0.15) is 10.4 Å². The molecule has 1 aromatic carbocycles. The van der Waals surface area contributed by atoms with Gasteiger partial charge in [0.2, 0.25) is 0 Å². The lowest BCUT2D eigenvalue weighted by Gasteiger charge is -2.21. The summed E-state index contributed by atoms with van der Waals surface area (Å²) in [7, 11) is 1.60. The molecule has 1 aromatic rings. The highest BCUT2D eigenvalue weighted by Gasteiger charge is 2.09. The molecule has 0 saturated heterocycles. The molecule has 0 radical (unpaired) electrons. The van der Waals surface area contributed by atoms with Gasteiger partial charge in [-0.15, -0.1) is 0 Å². The van der Waals surface area contributed by atoms with Crippen molar-refractivity contribution in [2.24, 2.45) is 5.73 Å². The normalized spacial score (nSPS) is 9.73. The van der Waals surface area contributed by atoms with Gasteiger partial charge < -0.3 is 5.73 Å². The summed E-state index contributed by atoms with van der Waals surface area (Å²) in [4.78, 5) is 10.4. The molecule has 0 saturated carbocycles. The van der Waals surface area contributed by atoms with Gasteiger partial charge in [-0.2, -0.15) is 0 Å². The Bertz CT molecular complexity index is 397. The van der Waals surface area contributed by atoms with E-state index in [0.29, 0.717) is 12.0 Å². The van der Waals surface area contributed by atoms with Crippen molar-refractivity contribution in [1.82, 2.24) is 5.43 Å². The van der Waals surface area contributed by atoms with E-state index in [1.165, 1.54) is 17.1 Å². The van der Waals surface area contributed by atoms with E-state index in [0.717, 1.165) is 0 Å². The minimum Gasteiger partial charge on any atom is -0.375 e. The van der Waals surface area contributed by atoms with E-state index in [1.807, 2.05) is 0 Å². The third-order valence-corrected chi connectivity index (χ3v) is 2.00. The van der Waals surface area contributed by atoms with Crippen LogP contribution in [0.5, 0.6) is 0 Å². The number of carbonyl (C=O) groups excluding carboxylic acids is 1. The fraction of sp³-hybridized carbons (Fsp3) is 0.111. The summed E-state index contributed by atoms with van der Waals surface area (Å²) in [6, 6.07) is 4.09. The molecule has 3 N–H and O–H groups in total. The van der Waals surface area contributed by atoms with E-state index in [2.05, 4.69) is 5.43 Å². The van der Waals surface area contributed by atoms with Crippen LogP contribution in [-0.2, 0) is 0 Å². The number of thiocarbonyl (C=S) groups is 1. The lowest BCUT2D eigenvalue weighted by molar-refractivity contribution is 0.112. The second kappa shape index (κ2) is 4.81. The van der Waals surface area contributed by atoms with E-state index < -0.39 is 5.82 Å². The molecule has 6 heteroatoms. The van der Waals surface area contributed by atoms with Crippen LogP contribution in [0.25, 0.3) is 0 Å². The number of hydrogen-bond donors (Lipinski definition) is 2. The number of rotatable bonds is 3. The number of nitrogens with zero attached hydrogens (tertiary/aromatic N) is 1. The second-order valence-corrected chi connectivity index (χ2v) is 3.14. The first-order valence-electron chi connectivity index (χ1n) is 4.12. The molecule has 0 unspecified atom stereocenters. The third-order valence-electron chi connectivity index (χ3n) is 1.81. The van der Waals surface area contributed by atoms with Crippen LogP contribution < -0.4 is 16.2 Å². The minimum absolute atomic E-state index is 0.00209. The van der Waals surface area contributed by atoms with Gasteiger partial charge in [0.1, 0.15) is 5.82 Å². The maximum Gasteiger partial charge on any atom is 0.185 e. The number of aldehydes is 1. The molecule has 4 nitrogen and oxygen atoms in total. The fourth-order valence-corrected chi connectivity index (χ4v) is 1.31. The minimum atomic E-state index is -0.612. The van der Waals surface area contributed by atoms with Crippen LogP contribution in [-0.4, -0.2) is 18.4 Å². The average Bonchev–Trinajstić information content (AvgIpc) is 2.18. The summed E-state index contributed by atoms with van der Waals surface area (Å²) in [5.41, 5.74) is 8.53. The van der Waals surface area contributed by atoms with Crippen LogP contribution in [0.2, 0.25) is 0 Å². The standard InChI is InChI=1S/C9H10FN3OS/c1-12-13(9(11)15)7-3-2-6(5-14)8(10)4-7/h2-5,12H,1H3,(H2,11,15). The van der Waals surface area contributed by atoms with Gasteiger partial charge in [-0.1, -0.05) is 0 Å². The topological polar surface area (TPSA) is 58.4 Å². The van der Waals surface area contributed by atoms with Gasteiger partial charge in [-0.05, 0) is 30.4 Å². The van der Waals surface area contributed by atoms with E-state index in [9.17, 15) is 9.18 Å². The van der Waals surface area contributed by atoms with Crippen molar-refractivity contribution >= 4 is 29.3 Å². The molecule has 0 heterocycles. The maximum atomic E-state index is 13.2. The SMILES string of the molecule is CNN(C(N)=S)c1ccc(C=O)c(F)c1. The highest BCUT2D eigenvalue weighted by Crippen LogP contribution is 2.16. The number of nitrogens with two attached hydrogens (primary N) is 1. The van der Waals surface area contributed by atoms with Gasteiger partial charge in [-0.3, -0.25) is 9.80 Å². The van der Waals surface area contributed by atoms with Gasteiger partial charge in [-0.25, -0.2) is 9.82 Å². The molecule has 0 amide bonds. The Morgan fingerprint density at radius 3 is 2.73 bits per heavy atom. The predicted molar refractivity (Wildman–Crippen MR) is 60.1 cm³/mol. The van der Waals surface area contributed by atoms with Crippen molar-refractivity contribution < 1.29 is 9.18 Å². The Labute approximate surface area is 91.8 Å². The average molecular weight is 227 g/mol. The molecule has 0 aliphatic heterocycles. The maximum absolute atomic E-state index is 13.2. The number of carbonyl (C=O) groups is 1. The van der Waals surface area contributed by atoms with E-state index in [4.69, 9.17) is 18.0 Å². The zero-order valence-corrected chi connectivity index (χ0v) is 8.84. The molecule has 80 valence electrons. The van der Waals surface area contributed by atoms with Gasteiger partial charge in [0, 0.05) is 7.05 Å². The Morgan fingerprint density at radius 2 is 2.33 bits per heavy atom. The Balaban J connectivity index is 3.10. The van der Waals surface area contributed by atoms with Crippen LogP contribution in [0.4, 0.5) is 10.1 Å². The molecule has 0 aromatic heterocycles. The molecular weight excluding hydrogens is 217 g/mol.